The van der Waals surface area contributed by atoms with Crippen molar-refractivity contribution < 1.29 is 38.0 Å². The molecule has 0 aromatic heterocycles. The number of hydrogen-bond donors (Lipinski definition) is 0. The van der Waals surface area contributed by atoms with E-state index in [2.05, 4.69) is 13.6 Å². The standard InChI is InChI=1S/C15H26NO2.HI/c1-12(2)15(17)18-11-13-7-6-10-16(3)9-5-4-8-14(13)16;/h13-14H,1,4-11H2,2-3H3;1H/q+1;/p-1/t13-,14+,16?;/m0./s1. The van der Waals surface area contributed by atoms with Gasteiger partial charge in [-0.25, -0.2) is 4.79 Å². The number of carbonyl (C=O) groups excluding carboxylic acids is 1. The monoisotopic (exact) mass is 379 g/mol. The van der Waals surface area contributed by atoms with E-state index >= 15 is 0 Å². The molecule has 1 unspecified atom stereocenters. The van der Waals surface area contributed by atoms with Gasteiger partial charge in [0.1, 0.15) is 6.61 Å². The maximum atomic E-state index is 11.5. The molecule has 0 spiro atoms. The molecule has 19 heavy (non-hydrogen) atoms. The Morgan fingerprint density at radius 1 is 1.26 bits per heavy atom. The van der Waals surface area contributed by atoms with Gasteiger partial charge in [0.15, 0.2) is 0 Å². The zero-order valence-corrected chi connectivity index (χ0v) is 14.3. The van der Waals surface area contributed by atoms with Gasteiger partial charge < -0.3 is 33.2 Å². The Morgan fingerprint density at radius 3 is 2.63 bits per heavy atom. The maximum Gasteiger partial charge on any atom is 0.333 e. The van der Waals surface area contributed by atoms with Crippen LogP contribution in [-0.2, 0) is 9.53 Å². The molecule has 0 bridgehead atoms. The van der Waals surface area contributed by atoms with Gasteiger partial charge >= 0.3 is 5.97 Å². The number of quaternary nitrogens is 1. The van der Waals surface area contributed by atoms with Crippen molar-refractivity contribution in [1.29, 1.82) is 0 Å². The maximum absolute atomic E-state index is 11.5. The van der Waals surface area contributed by atoms with Crippen molar-refractivity contribution in [1.82, 2.24) is 0 Å². The van der Waals surface area contributed by atoms with Crippen molar-refractivity contribution in [2.24, 2.45) is 5.92 Å². The van der Waals surface area contributed by atoms with Crippen LogP contribution in [0, 0.1) is 5.92 Å². The van der Waals surface area contributed by atoms with Crippen molar-refractivity contribution in [3.05, 3.63) is 12.2 Å². The summed E-state index contributed by atoms with van der Waals surface area (Å²) in [6.07, 6.45) is 6.46. The molecular weight excluding hydrogens is 353 g/mol. The highest BCUT2D eigenvalue weighted by molar-refractivity contribution is 5.86. The summed E-state index contributed by atoms with van der Waals surface area (Å²) in [6, 6.07) is 0.699. The van der Waals surface area contributed by atoms with Crippen LogP contribution in [0.4, 0.5) is 0 Å². The van der Waals surface area contributed by atoms with Crippen LogP contribution in [0.5, 0.6) is 0 Å². The molecular formula is C15H26INO2. The molecule has 110 valence electrons. The van der Waals surface area contributed by atoms with Crippen LogP contribution < -0.4 is 24.0 Å². The van der Waals surface area contributed by atoms with Gasteiger partial charge in [0, 0.05) is 17.9 Å². The average Bonchev–Trinajstić information content (AvgIpc) is 2.34. The van der Waals surface area contributed by atoms with Gasteiger partial charge in [-0.2, -0.15) is 0 Å². The van der Waals surface area contributed by atoms with Gasteiger partial charge in [-0.3, -0.25) is 0 Å². The number of rotatable bonds is 3. The molecule has 2 aliphatic rings. The van der Waals surface area contributed by atoms with Crippen molar-refractivity contribution in [3.63, 3.8) is 0 Å². The number of esters is 1. The Hall–Kier alpha value is -0.100. The van der Waals surface area contributed by atoms with Gasteiger partial charge in [0.05, 0.1) is 26.2 Å². The summed E-state index contributed by atoms with van der Waals surface area (Å²) in [7, 11) is 2.39. The number of nitrogens with zero attached hydrogens (tertiary/aromatic N) is 1. The summed E-state index contributed by atoms with van der Waals surface area (Å²) in [5.74, 6) is 0.318. The number of fused-ring (bicyclic) bond motifs is 1. The van der Waals surface area contributed by atoms with Crippen LogP contribution in [0.3, 0.4) is 0 Å². The lowest BCUT2D eigenvalue weighted by molar-refractivity contribution is -0.947. The van der Waals surface area contributed by atoms with Gasteiger partial charge in [0.25, 0.3) is 0 Å². The highest BCUT2D eigenvalue weighted by Crippen LogP contribution is 2.36. The lowest BCUT2D eigenvalue weighted by Crippen LogP contribution is -3.00. The molecule has 0 amide bonds. The first-order valence-electron chi connectivity index (χ1n) is 7.20. The molecule has 0 aliphatic carbocycles. The third-order valence-corrected chi connectivity index (χ3v) is 4.78. The van der Waals surface area contributed by atoms with Crippen molar-refractivity contribution in [2.45, 2.75) is 45.1 Å². The normalized spacial score (nSPS) is 33.8. The molecule has 3 atom stereocenters. The van der Waals surface area contributed by atoms with E-state index < -0.39 is 0 Å². The first-order valence-corrected chi connectivity index (χ1v) is 7.20. The zero-order chi connectivity index (χ0) is 13.2. The second-order valence-electron chi connectivity index (χ2n) is 6.27. The second kappa shape index (κ2) is 7.07. The summed E-state index contributed by atoms with van der Waals surface area (Å²) < 4.78 is 6.59. The lowest BCUT2D eigenvalue weighted by atomic mass is 9.82. The minimum atomic E-state index is -0.231. The van der Waals surface area contributed by atoms with E-state index in [0.29, 0.717) is 24.1 Å². The van der Waals surface area contributed by atoms with E-state index in [1.165, 1.54) is 49.7 Å². The van der Waals surface area contributed by atoms with Crippen molar-refractivity contribution in [2.75, 3.05) is 26.7 Å². The summed E-state index contributed by atoms with van der Waals surface area (Å²) in [6.45, 7) is 8.54. The molecule has 2 heterocycles. The van der Waals surface area contributed by atoms with Gasteiger partial charge in [0.2, 0.25) is 0 Å². The number of hydrogen-bond acceptors (Lipinski definition) is 2. The van der Waals surface area contributed by atoms with Crippen LogP contribution in [0.15, 0.2) is 12.2 Å². The van der Waals surface area contributed by atoms with E-state index in [0.717, 1.165) is 0 Å². The molecule has 2 aliphatic heterocycles. The first-order chi connectivity index (χ1) is 8.53. The van der Waals surface area contributed by atoms with Crippen molar-refractivity contribution >= 4 is 5.97 Å². The summed E-state index contributed by atoms with van der Waals surface area (Å²) in [4.78, 5) is 11.5. The fourth-order valence-electron chi connectivity index (χ4n) is 3.73. The molecule has 2 saturated heterocycles. The fourth-order valence-corrected chi connectivity index (χ4v) is 3.73. The van der Waals surface area contributed by atoms with E-state index in [4.69, 9.17) is 4.74 Å². The average molecular weight is 379 g/mol. The predicted molar refractivity (Wildman–Crippen MR) is 72.1 cm³/mol. The second-order valence-corrected chi connectivity index (χ2v) is 6.27. The van der Waals surface area contributed by atoms with E-state index in [-0.39, 0.29) is 29.9 Å². The van der Waals surface area contributed by atoms with Crippen LogP contribution in [0.2, 0.25) is 0 Å². The molecule has 2 rings (SSSR count). The number of ether oxygens (including phenoxy) is 1. The molecule has 2 fully saturated rings. The SMILES string of the molecule is C=C(C)C(=O)OC[C@@H]1CCC[N+]2(C)CCCC[C@H]12.[I-]. The summed E-state index contributed by atoms with van der Waals surface area (Å²) in [5, 5.41) is 0. The van der Waals surface area contributed by atoms with Gasteiger partial charge in [-0.15, -0.1) is 0 Å². The topological polar surface area (TPSA) is 26.3 Å². The van der Waals surface area contributed by atoms with Gasteiger partial charge in [-0.05, 0) is 32.6 Å². The molecule has 3 nitrogen and oxygen atoms in total. The highest BCUT2D eigenvalue weighted by Gasteiger charge is 2.43. The molecule has 0 radical (unpaired) electrons. The quantitative estimate of drug-likeness (QED) is 0.287. The third kappa shape index (κ3) is 3.94. The molecule has 0 saturated carbocycles. The molecule has 0 aromatic rings. The zero-order valence-electron chi connectivity index (χ0n) is 12.2. The van der Waals surface area contributed by atoms with Crippen LogP contribution >= 0.6 is 0 Å². The first kappa shape index (κ1) is 17.0. The van der Waals surface area contributed by atoms with Gasteiger partial charge in [-0.1, -0.05) is 6.58 Å². The van der Waals surface area contributed by atoms with E-state index in [9.17, 15) is 4.79 Å². The number of carbonyl (C=O) groups is 1. The summed E-state index contributed by atoms with van der Waals surface area (Å²) >= 11 is 0. The minimum absolute atomic E-state index is 0. The predicted octanol–water partition coefficient (Wildman–Crippen LogP) is -0.481. The Kier molecular flexibility index (Phi) is 6.30. The third-order valence-electron chi connectivity index (χ3n) is 4.78. The van der Waals surface area contributed by atoms with Crippen molar-refractivity contribution in [3.8, 4) is 0 Å². The Morgan fingerprint density at radius 2 is 1.95 bits per heavy atom. The van der Waals surface area contributed by atoms with Crippen LogP contribution in [0.25, 0.3) is 0 Å². The van der Waals surface area contributed by atoms with Crippen LogP contribution in [-0.4, -0.2) is 43.2 Å². The van der Waals surface area contributed by atoms with E-state index in [1.807, 2.05) is 0 Å². The number of halogens is 1. The van der Waals surface area contributed by atoms with E-state index in [1.54, 1.807) is 6.92 Å². The molecule has 0 aromatic carbocycles. The molecule has 0 N–H and O–H groups in total. The minimum Gasteiger partial charge on any atom is -1.00 e. The largest absolute Gasteiger partial charge is 1.00 e. The molecule has 4 heteroatoms. The number of piperidine rings is 2. The summed E-state index contributed by atoms with van der Waals surface area (Å²) in [5.41, 5.74) is 0.506. The Labute approximate surface area is 134 Å². The Balaban J connectivity index is 0.00000180. The smallest absolute Gasteiger partial charge is 0.333 e. The lowest BCUT2D eigenvalue weighted by Gasteiger charge is -2.51. The highest BCUT2D eigenvalue weighted by atomic mass is 127. The Bertz CT molecular complexity index is 341. The fraction of sp³-hybridized carbons (Fsp3) is 0.800. The van der Waals surface area contributed by atoms with Crippen LogP contribution in [0.1, 0.15) is 39.0 Å².